The van der Waals surface area contributed by atoms with Gasteiger partial charge in [-0.15, -0.1) is 12.4 Å². The van der Waals surface area contributed by atoms with Gasteiger partial charge in [0.1, 0.15) is 5.69 Å². The van der Waals surface area contributed by atoms with E-state index in [1.54, 1.807) is 13.0 Å². The highest BCUT2D eigenvalue weighted by molar-refractivity contribution is 5.85. The molecule has 3 aromatic rings. The number of H-pyrrole nitrogens is 1. The molecule has 0 atom stereocenters. The number of piperidine rings is 1. The molecule has 1 fully saturated rings. The van der Waals surface area contributed by atoms with Crippen molar-refractivity contribution in [1.82, 2.24) is 19.9 Å². The number of rotatable bonds is 4. The summed E-state index contributed by atoms with van der Waals surface area (Å²) in [7, 11) is 0. The van der Waals surface area contributed by atoms with Crippen molar-refractivity contribution in [3.05, 3.63) is 57.5 Å². The van der Waals surface area contributed by atoms with E-state index in [2.05, 4.69) is 15.0 Å². The Kier molecular flexibility index (Phi) is 7.09. The molecule has 1 aromatic carbocycles. The van der Waals surface area contributed by atoms with Gasteiger partial charge in [0.15, 0.2) is 5.82 Å². The quantitative estimate of drug-likeness (QED) is 0.525. The molecule has 0 amide bonds. The maximum Gasteiger partial charge on any atom is 0.416 e. The smallest absolute Gasteiger partial charge is 0.305 e. The van der Waals surface area contributed by atoms with Crippen LogP contribution >= 0.6 is 12.4 Å². The van der Waals surface area contributed by atoms with Crippen LogP contribution in [0.3, 0.4) is 0 Å². The maximum absolute atomic E-state index is 13.3. The number of benzene rings is 1. The lowest BCUT2D eigenvalue weighted by atomic mass is 10.0. The first-order valence-corrected chi connectivity index (χ1v) is 10.2. The highest BCUT2D eigenvalue weighted by atomic mass is 35.5. The molecule has 3 heterocycles. The minimum atomic E-state index is -4.54. The predicted molar refractivity (Wildman–Crippen MR) is 117 cm³/mol. The number of aryl methyl sites for hydroxylation is 1. The number of likely N-dealkylation sites (tertiary alicyclic amines) is 1. The van der Waals surface area contributed by atoms with E-state index in [-0.39, 0.29) is 36.8 Å². The molecule has 0 bridgehead atoms. The van der Waals surface area contributed by atoms with Crippen LogP contribution in [0, 0.1) is 6.92 Å². The number of alkyl halides is 5. The number of pyridine rings is 1. The molecule has 0 radical (unpaired) electrons. The number of hydrogen-bond acceptors (Lipinski definition) is 4. The standard InChI is InChI=1S/C22H21F5N4O.ClH/c1-13-10-14(3-7-31-8-4-21(23,24)5-9-31)11-16-18(13)29-19(30-20(16)32)17-12-15(2-6-28-17)22(25,26)27;/h2,6,10-12H,3-5,7-9H2,1H3,(H,29,30,32);1H. The first kappa shape index (κ1) is 25.0. The molecule has 11 heteroatoms. The number of nitrogens with zero attached hydrogens (tertiary/aromatic N) is 3. The summed E-state index contributed by atoms with van der Waals surface area (Å²) in [5.41, 5.74) is 0.500. The molecule has 4 rings (SSSR count). The van der Waals surface area contributed by atoms with E-state index in [0.717, 1.165) is 23.9 Å². The van der Waals surface area contributed by atoms with Crippen LogP contribution in [0.4, 0.5) is 22.0 Å². The molecule has 178 valence electrons. The molecule has 0 unspecified atom stereocenters. The summed E-state index contributed by atoms with van der Waals surface area (Å²) in [6.45, 7) is 3.02. The third kappa shape index (κ3) is 5.67. The van der Waals surface area contributed by atoms with E-state index in [1.807, 2.05) is 11.0 Å². The van der Waals surface area contributed by atoms with Crippen molar-refractivity contribution in [2.75, 3.05) is 19.6 Å². The molecule has 33 heavy (non-hydrogen) atoms. The maximum atomic E-state index is 13.3. The highest BCUT2D eigenvalue weighted by Gasteiger charge is 2.33. The molecule has 0 spiro atoms. The fourth-order valence-electron chi connectivity index (χ4n) is 3.88. The van der Waals surface area contributed by atoms with Crippen LogP contribution in [0.5, 0.6) is 0 Å². The summed E-state index contributed by atoms with van der Waals surface area (Å²) in [6.07, 6.45) is -3.24. The van der Waals surface area contributed by atoms with Crippen molar-refractivity contribution in [2.24, 2.45) is 0 Å². The van der Waals surface area contributed by atoms with Gasteiger partial charge in [-0.3, -0.25) is 9.78 Å². The molecule has 0 saturated carbocycles. The van der Waals surface area contributed by atoms with Gasteiger partial charge in [0, 0.05) is 38.7 Å². The first-order chi connectivity index (χ1) is 15.0. The van der Waals surface area contributed by atoms with Crippen molar-refractivity contribution in [3.63, 3.8) is 0 Å². The second-order valence-electron chi connectivity index (χ2n) is 8.10. The fourth-order valence-corrected chi connectivity index (χ4v) is 3.88. The summed E-state index contributed by atoms with van der Waals surface area (Å²) in [4.78, 5) is 25.5. The van der Waals surface area contributed by atoms with E-state index >= 15 is 0 Å². The molecule has 5 nitrogen and oxygen atoms in total. The lowest BCUT2D eigenvalue weighted by Crippen LogP contribution is -2.40. The van der Waals surface area contributed by atoms with Gasteiger partial charge < -0.3 is 9.88 Å². The summed E-state index contributed by atoms with van der Waals surface area (Å²) in [6, 6.07) is 5.24. The Hall–Kier alpha value is -2.59. The van der Waals surface area contributed by atoms with Crippen molar-refractivity contribution in [3.8, 4) is 11.5 Å². The number of aromatic nitrogens is 3. The average Bonchev–Trinajstić information content (AvgIpc) is 2.73. The molecular weight excluding hydrogens is 467 g/mol. The number of nitrogens with one attached hydrogen (secondary N) is 1. The largest absolute Gasteiger partial charge is 0.416 e. The van der Waals surface area contributed by atoms with Gasteiger partial charge in [-0.1, -0.05) is 6.07 Å². The third-order valence-electron chi connectivity index (χ3n) is 5.69. The van der Waals surface area contributed by atoms with E-state index in [4.69, 9.17) is 0 Å². The van der Waals surface area contributed by atoms with Crippen LogP contribution in [0.15, 0.2) is 35.3 Å². The lowest BCUT2D eigenvalue weighted by Gasteiger charge is -2.31. The van der Waals surface area contributed by atoms with Crippen LogP contribution in [-0.4, -0.2) is 45.4 Å². The van der Waals surface area contributed by atoms with Crippen molar-refractivity contribution >= 4 is 23.3 Å². The molecular formula is C22H22ClF5N4O. The second kappa shape index (κ2) is 9.34. The molecule has 1 aliphatic rings. The van der Waals surface area contributed by atoms with Gasteiger partial charge >= 0.3 is 6.18 Å². The van der Waals surface area contributed by atoms with Gasteiger partial charge in [-0.25, -0.2) is 13.8 Å². The van der Waals surface area contributed by atoms with Crippen LogP contribution in [0.1, 0.15) is 29.5 Å². The lowest BCUT2D eigenvalue weighted by molar-refractivity contribution is -0.137. The Bertz CT molecular complexity index is 1200. The Morgan fingerprint density at radius 1 is 1.15 bits per heavy atom. The summed E-state index contributed by atoms with van der Waals surface area (Å²) in [5, 5.41) is 0.320. The topological polar surface area (TPSA) is 61.9 Å². The molecule has 1 N–H and O–H groups in total. The molecule has 1 saturated heterocycles. The van der Waals surface area contributed by atoms with Crippen molar-refractivity contribution in [1.29, 1.82) is 0 Å². The Labute approximate surface area is 192 Å². The number of fused-ring (bicyclic) bond motifs is 1. The van der Waals surface area contributed by atoms with E-state index < -0.39 is 23.2 Å². The fraction of sp³-hybridized carbons (Fsp3) is 0.409. The van der Waals surface area contributed by atoms with Crippen LogP contribution < -0.4 is 5.56 Å². The zero-order chi connectivity index (χ0) is 23.1. The van der Waals surface area contributed by atoms with Crippen LogP contribution in [0.2, 0.25) is 0 Å². The molecule has 2 aromatic heterocycles. The monoisotopic (exact) mass is 488 g/mol. The van der Waals surface area contributed by atoms with Crippen LogP contribution in [0.25, 0.3) is 22.4 Å². The van der Waals surface area contributed by atoms with Gasteiger partial charge in [-0.05, 0) is 42.7 Å². The zero-order valence-electron chi connectivity index (χ0n) is 17.7. The summed E-state index contributed by atoms with van der Waals surface area (Å²) < 4.78 is 65.7. The van der Waals surface area contributed by atoms with Gasteiger partial charge in [0.2, 0.25) is 0 Å². The third-order valence-corrected chi connectivity index (χ3v) is 5.69. The Morgan fingerprint density at radius 3 is 2.52 bits per heavy atom. The molecule has 1 aliphatic heterocycles. The average molecular weight is 489 g/mol. The SMILES string of the molecule is Cc1cc(CCN2CCC(F)(F)CC2)cc2c(=O)[nH]c(-c3cc(C(F)(F)F)ccn3)nc12.Cl. The van der Waals surface area contributed by atoms with E-state index in [1.165, 1.54) is 0 Å². The van der Waals surface area contributed by atoms with Gasteiger partial charge in [0.25, 0.3) is 11.5 Å². The normalized spacial score (nSPS) is 16.5. The van der Waals surface area contributed by atoms with Gasteiger partial charge in [-0.2, -0.15) is 13.2 Å². The summed E-state index contributed by atoms with van der Waals surface area (Å²) >= 11 is 0. The van der Waals surface area contributed by atoms with Gasteiger partial charge in [0.05, 0.1) is 16.5 Å². The Morgan fingerprint density at radius 2 is 1.85 bits per heavy atom. The predicted octanol–water partition coefficient (Wildman–Crippen LogP) is 5.01. The minimum absolute atomic E-state index is 0. The molecule has 0 aliphatic carbocycles. The summed E-state index contributed by atoms with van der Waals surface area (Å²) in [5.74, 6) is -2.64. The number of halogens is 6. The first-order valence-electron chi connectivity index (χ1n) is 10.2. The van der Waals surface area contributed by atoms with E-state index in [0.29, 0.717) is 42.5 Å². The zero-order valence-corrected chi connectivity index (χ0v) is 18.5. The number of hydrogen-bond donors (Lipinski definition) is 1. The van der Waals surface area contributed by atoms with Crippen LogP contribution in [-0.2, 0) is 12.6 Å². The highest BCUT2D eigenvalue weighted by Crippen LogP contribution is 2.31. The van der Waals surface area contributed by atoms with Crippen molar-refractivity contribution < 1.29 is 22.0 Å². The van der Waals surface area contributed by atoms with Crippen molar-refractivity contribution in [2.45, 2.75) is 38.3 Å². The Balaban J connectivity index is 0.00000306. The number of aromatic amines is 1. The second-order valence-corrected chi connectivity index (χ2v) is 8.10. The minimum Gasteiger partial charge on any atom is -0.305 e. The van der Waals surface area contributed by atoms with E-state index in [9.17, 15) is 26.7 Å².